The Bertz CT molecular complexity index is 405. The number of likely N-dealkylation sites (tertiary alicyclic amines) is 1. The molecule has 0 saturated carbocycles. The van der Waals surface area contributed by atoms with E-state index in [1.165, 1.54) is 0 Å². The van der Waals surface area contributed by atoms with Gasteiger partial charge in [0.15, 0.2) is 9.84 Å². The predicted octanol–water partition coefficient (Wildman–Crippen LogP) is -0.596. The maximum atomic E-state index is 11.8. The summed E-state index contributed by atoms with van der Waals surface area (Å²) in [6, 6.07) is 0. The Balaban J connectivity index is 2.17. The Kier molecular flexibility index (Phi) is 2.74. The monoisotopic (exact) mass is 247 g/mol. The number of amides is 1. The molecule has 0 radical (unpaired) electrons. The van der Waals surface area contributed by atoms with Gasteiger partial charge in [-0.1, -0.05) is 0 Å². The van der Waals surface area contributed by atoms with Gasteiger partial charge in [0.1, 0.15) is 0 Å². The van der Waals surface area contributed by atoms with E-state index in [0.717, 1.165) is 0 Å². The highest BCUT2D eigenvalue weighted by atomic mass is 32.2. The first kappa shape index (κ1) is 11.9. The lowest BCUT2D eigenvalue weighted by Gasteiger charge is -2.34. The standard InChI is InChI=1S/C10H17NO4S/c1-10(2-3-16(14,15)7-10)11-5-8(6-12)4-9(11)13/h8,12H,2-7H2,1H3. The first-order valence-corrected chi connectivity index (χ1v) is 7.30. The van der Waals surface area contributed by atoms with Crippen LogP contribution in [0.3, 0.4) is 0 Å². The fourth-order valence-electron chi connectivity index (χ4n) is 2.63. The Labute approximate surface area is 95.4 Å². The summed E-state index contributed by atoms with van der Waals surface area (Å²) < 4.78 is 22.9. The van der Waals surface area contributed by atoms with Crippen LogP contribution in [0, 0.1) is 5.92 Å². The molecule has 5 nitrogen and oxygen atoms in total. The van der Waals surface area contributed by atoms with Gasteiger partial charge in [-0.3, -0.25) is 4.79 Å². The number of sulfone groups is 1. The minimum absolute atomic E-state index is 0.00886. The highest BCUT2D eigenvalue weighted by molar-refractivity contribution is 7.91. The zero-order valence-electron chi connectivity index (χ0n) is 9.35. The van der Waals surface area contributed by atoms with E-state index in [0.29, 0.717) is 19.4 Å². The highest BCUT2D eigenvalue weighted by Crippen LogP contribution is 2.34. The second-order valence-corrected chi connectivity index (χ2v) is 7.28. The van der Waals surface area contributed by atoms with Gasteiger partial charge in [-0.05, 0) is 13.3 Å². The van der Waals surface area contributed by atoms with Crippen molar-refractivity contribution in [1.82, 2.24) is 4.90 Å². The second-order valence-electron chi connectivity index (χ2n) is 5.10. The number of nitrogens with zero attached hydrogens (tertiary/aromatic N) is 1. The lowest BCUT2D eigenvalue weighted by molar-refractivity contribution is -0.131. The number of carbonyl (C=O) groups excluding carboxylic acids is 1. The molecule has 0 aromatic rings. The van der Waals surface area contributed by atoms with E-state index in [9.17, 15) is 13.2 Å². The van der Waals surface area contributed by atoms with E-state index in [4.69, 9.17) is 5.11 Å². The number of aliphatic hydroxyl groups excluding tert-OH is 1. The molecule has 2 aliphatic heterocycles. The number of rotatable bonds is 2. The van der Waals surface area contributed by atoms with Gasteiger partial charge in [0.05, 0.1) is 17.0 Å². The largest absolute Gasteiger partial charge is 0.396 e. The molecular formula is C10H17NO4S. The fraction of sp³-hybridized carbons (Fsp3) is 0.900. The maximum absolute atomic E-state index is 11.8. The number of aliphatic hydroxyl groups is 1. The molecule has 6 heteroatoms. The normalized spacial score (nSPS) is 38.2. The summed E-state index contributed by atoms with van der Waals surface area (Å²) in [6.07, 6.45) is 0.853. The summed E-state index contributed by atoms with van der Waals surface area (Å²) in [6.45, 7) is 2.31. The van der Waals surface area contributed by atoms with Crippen molar-refractivity contribution < 1.29 is 18.3 Å². The van der Waals surface area contributed by atoms with Gasteiger partial charge in [-0.2, -0.15) is 0 Å². The summed E-state index contributed by atoms with van der Waals surface area (Å²) in [5, 5.41) is 9.03. The van der Waals surface area contributed by atoms with Crippen LogP contribution in [0.25, 0.3) is 0 Å². The summed E-state index contributed by atoms with van der Waals surface area (Å²) >= 11 is 0. The molecule has 2 atom stereocenters. The second kappa shape index (κ2) is 3.70. The van der Waals surface area contributed by atoms with Crippen molar-refractivity contribution in [3.8, 4) is 0 Å². The molecule has 0 aromatic heterocycles. The Morgan fingerprint density at radius 2 is 2.25 bits per heavy atom. The third kappa shape index (κ3) is 1.96. The molecule has 2 saturated heterocycles. The number of hydrogen-bond donors (Lipinski definition) is 1. The Morgan fingerprint density at radius 1 is 1.56 bits per heavy atom. The van der Waals surface area contributed by atoms with Crippen LogP contribution in [0.2, 0.25) is 0 Å². The summed E-state index contributed by atoms with van der Waals surface area (Å²) in [5.74, 6) is 0.160. The fourth-order valence-corrected chi connectivity index (χ4v) is 4.77. The van der Waals surface area contributed by atoms with Crippen molar-refractivity contribution in [1.29, 1.82) is 0 Å². The van der Waals surface area contributed by atoms with Crippen LogP contribution in [0.1, 0.15) is 19.8 Å². The summed E-state index contributed by atoms with van der Waals surface area (Å²) in [4.78, 5) is 13.4. The van der Waals surface area contributed by atoms with Crippen LogP contribution in [0.5, 0.6) is 0 Å². The molecule has 2 heterocycles. The van der Waals surface area contributed by atoms with Gasteiger partial charge in [-0.25, -0.2) is 8.42 Å². The molecule has 0 bridgehead atoms. The van der Waals surface area contributed by atoms with Gasteiger partial charge in [0, 0.05) is 25.5 Å². The van der Waals surface area contributed by atoms with E-state index in [1.807, 2.05) is 6.92 Å². The molecule has 0 aliphatic carbocycles. The van der Waals surface area contributed by atoms with E-state index in [2.05, 4.69) is 0 Å². The van der Waals surface area contributed by atoms with Crippen LogP contribution in [0.15, 0.2) is 0 Å². The molecule has 1 amide bonds. The molecule has 0 aromatic carbocycles. The summed E-state index contributed by atoms with van der Waals surface area (Å²) in [7, 11) is -3.00. The smallest absolute Gasteiger partial charge is 0.223 e. The van der Waals surface area contributed by atoms with Crippen molar-refractivity contribution in [2.45, 2.75) is 25.3 Å². The van der Waals surface area contributed by atoms with E-state index < -0.39 is 15.4 Å². The van der Waals surface area contributed by atoms with Gasteiger partial charge in [0.2, 0.25) is 5.91 Å². The highest BCUT2D eigenvalue weighted by Gasteiger charge is 2.47. The topological polar surface area (TPSA) is 74.7 Å². The molecule has 2 aliphatic rings. The SMILES string of the molecule is CC1(N2CC(CO)CC2=O)CCS(=O)(=O)C1. The lowest BCUT2D eigenvalue weighted by atomic mass is 10.00. The first-order chi connectivity index (χ1) is 7.36. The molecule has 1 N–H and O–H groups in total. The third-order valence-corrected chi connectivity index (χ3v) is 5.49. The predicted molar refractivity (Wildman–Crippen MR) is 58.6 cm³/mol. The third-order valence-electron chi connectivity index (χ3n) is 3.60. The van der Waals surface area contributed by atoms with Crippen LogP contribution < -0.4 is 0 Å². The van der Waals surface area contributed by atoms with Gasteiger partial charge < -0.3 is 10.0 Å². The number of carbonyl (C=O) groups is 1. The van der Waals surface area contributed by atoms with Crippen LogP contribution in [-0.2, 0) is 14.6 Å². The average molecular weight is 247 g/mol. The van der Waals surface area contributed by atoms with E-state index in [-0.39, 0.29) is 29.9 Å². The molecule has 0 spiro atoms. The van der Waals surface area contributed by atoms with Crippen LogP contribution >= 0.6 is 0 Å². The van der Waals surface area contributed by atoms with Crippen molar-refractivity contribution in [2.24, 2.45) is 5.92 Å². The molecule has 2 unspecified atom stereocenters. The molecule has 16 heavy (non-hydrogen) atoms. The van der Waals surface area contributed by atoms with E-state index in [1.54, 1.807) is 4.90 Å². The van der Waals surface area contributed by atoms with Crippen LogP contribution in [-0.4, -0.2) is 54.5 Å². The van der Waals surface area contributed by atoms with Crippen molar-refractivity contribution in [3.05, 3.63) is 0 Å². The zero-order valence-corrected chi connectivity index (χ0v) is 10.2. The Morgan fingerprint density at radius 3 is 2.69 bits per heavy atom. The zero-order chi connectivity index (χ0) is 12.0. The average Bonchev–Trinajstić information content (AvgIpc) is 2.68. The van der Waals surface area contributed by atoms with Crippen molar-refractivity contribution in [3.63, 3.8) is 0 Å². The molecule has 2 fully saturated rings. The lowest BCUT2D eigenvalue weighted by Crippen LogP contribution is -2.48. The summed E-state index contributed by atoms with van der Waals surface area (Å²) in [5.41, 5.74) is -0.556. The quantitative estimate of drug-likeness (QED) is 0.707. The van der Waals surface area contributed by atoms with Gasteiger partial charge >= 0.3 is 0 Å². The van der Waals surface area contributed by atoms with Gasteiger partial charge in [0.25, 0.3) is 0 Å². The van der Waals surface area contributed by atoms with Crippen molar-refractivity contribution >= 4 is 15.7 Å². The molecule has 2 rings (SSSR count). The number of hydrogen-bond acceptors (Lipinski definition) is 4. The van der Waals surface area contributed by atoms with E-state index >= 15 is 0 Å². The minimum Gasteiger partial charge on any atom is -0.396 e. The maximum Gasteiger partial charge on any atom is 0.223 e. The Hall–Kier alpha value is -0.620. The van der Waals surface area contributed by atoms with Crippen LogP contribution in [0.4, 0.5) is 0 Å². The van der Waals surface area contributed by atoms with Gasteiger partial charge in [-0.15, -0.1) is 0 Å². The van der Waals surface area contributed by atoms with Crippen molar-refractivity contribution in [2.75, 3.05) is 24.7 Å². The molecule has 92 valence electrons. The first-order valence-electron chi connectivity index (χ1n) is 5.48. The molecular weight excluding hydrogens is 230 g/mol. The minimum atomic E-state index is -3.00.